The second kappa shape index (κ2) is 3.27. The van der Waals surface area contributed by atoms with Gasteiger partial charge in [0.2, 0.25) is 6.39 Å². The van der Waals surface area contributed by atoms with Crippen molar-refractivity contribution in [2.75, 3.05) is 0 Å². The molecule has 0 atom stereocenters. The van der Waals surface area contributed by atoms with Gasteiger partial charge in [-0.3, -0.25) is 9.67 Å². The third-order valence-electron chi connectivity index (χ3n) is 2.44. The lowest BCUT2D eigenvalue weighted by Crippen LogP contribution is -2.05. The summed E-state index contributed by atoms with van der Waals surface area (Å²) in [5, 5.41) is 10.8. The van der Waals surface area contributed by atoms with Crippen molar-refractivity contribution in [2.45, 2.75) is 25.3 Å². The number of rotatable bonds is 3. The number of aromatic nitrogens is 5. The fraction of sp³-hybridized carbons (Fsp3) is 0.500. The normalized spacial score (nSPS) is 15.7. The van der Waals surface area contributed by atoms with E-state index in [0.717, 1.165) is 5.82 Å². The molecular weight excluding hydrogens is 214 g/mol. The molecule has 7 heteroatoms. The van der Waals surface area contributed by atoms with E-state index in [9.17, 15) is 0 Å². The molecule has 6 nitrogen and oxygen atoms in total. The standard InChI is InChI=1S/C8H9N5OS/c15-8-11-10-7(5-1-2-5)13(8)3-6-9-4-14-12-6/h4-5H,1-3H2,(H,11,15). The van der Waals surface area contributed by atoms with E-state index in [4.69, 9.17) is 12.2 Å². The number of hydrogen-bond acceptors (Lipinski definition) is 5. The van der Waals surface area contributed by atoms with Crippen LogP contribution in [0.25, 0.3) is 0 Å². The Hall–Kier alpha value is -1.50. The van der Waals surface area contributed by atoms with Gasteiger partial charge in [-0.2, -0.15) is 10.1 Å². The second-order valence-electron chi connectivity index (χ2n) is 3.59. The molecule has 1 aliphatic carbocycles. The summed E-state index contributed by atoms with van der Waals surface area (Å²) in [4.78, 5) is 3.97. The highest BCUT2D eigenvalue weighted by molar-refractivity contribution is 7.71. The van der Waals surface area contributed by atoms with Gasteiger partial charge >= 0.3 is 0 Å². The van der Waals surface area contributed by atoms with Crippen molar-refractivity contribution in [2.24, 2.45) is 0 Å². The van der Waals surface area contributed by atoms with Crippen molar-refractivity contribution < 1.29 is 4.52 Å². The maximum absolute atomic E-state index is 5.15. The zero-order valence-electron chi connectivity index (χ0n) is 7.88. The molecule has 0 amide bonds. The molecule has 2 aromatic heterocycles. The van der Waals surface area contributed by atoms with Crippen LogP contribution in [0, 0.1) is 4.77 Å². The van der Waals surface area contributed by atoms with Gasteiger partial charge in [0.05, 0.1) is 6.54 Å². The van der Waals surface area contributed by atoms with Crippen molar-refractivity contribution in [3.63, 3.8) is 0 Å². The fourth-order valence-electron chi connectivity index (χ4n) is 1.54. The van der Waals surface area contributed by atoms with Crippen molar-refractivity contribution in [3.05, 3.63) is 22.8 Å². The quantitative estimate of drug-likeness (QED) is 0.793. The van der Waals surface area contributed by atoms with Crippen LogP contribution in [0.4, 0.5) is 0 Å². The van der Waals surface area contributed by atoms with E-state index >= 15 is 0 Å². The Morgan fingerprint density at radius 3 is 3.13 bits per heavy atom. The van der Waals surface area contributed by atoms with Crippen molar-refractivity contribution in [1.29, 1.82) is 0 Å². The van der Waals surface area contributed by atoms with E-state index in [2.05, 4.69) is 24.9 Å². The van der Waals surface area contributed by atoms with Gasteiger partial charge in [-0.05, 0) is 25.1 Å². The lowest BCUT2D eigenvalue weighted by atomic mass is 10.4. The van der Waals surface area contributed by atoms with Gasteiger partial charge in [0, 0.05) is 5.92 Å². The van der Waals surface area contributed by atoms with E-state index in [1.807, 2.05) is 4.57 Å². The van der Waals surface area contributed by atoms with E-state index in [-0.39, 0.29) is 0 Å². The molecule has 0 bridgehead atoms. The first-order valence-corrected chi connectivity index (χ1v) is 5.16. The third kappa shape index (κ3) is 1.58. The lowest BCUT2D eigenvalue weighted by molar-refractivity contribution is 0.407. The third-order valence-corrected chi connectivity index (χ3v) is 2.75. The minimum Gasteiger partial charge on any atom is -0.343 e. The second-order valence-corrected chi connectivity index (χ2v) is 3.98. The van der Waals surface area contributed by atoms with Crippen molar-refractivity contribution in [1.82, 2.24) is 24.9 Å². The molecule has 0 saturated heterocycles. The summed E-state index contributed by atoms with van der Waals surface area (Å²) in [6, 6.07) is 0. The Kier molecular flexibility index (Phi) is 1.91. The fourth-order valence-corrected chi connectivity index (χ4v) is 1.74. The molecule has 3 rings (SSSR count). The number of nitrogens with one attached hydrogen (secondary N) is 1. The van der Waals surface area contributed by atoms with Gasteiger partial charge in [-0.15, -0.1) is 0 Å². The summed E-state index contributed by atoms with van der Waals surface area (Å²) in [5.74, 6) is 2.17. The summed E-state index contributed by atoms with van der Waals surface area (Å²) in [6.07, 6.45) is 3.69. The van der Waals surface area contributed by atoms with Crippen molar-refractivity contribution >= 4 is 12.2 Å². The highest BCUT2D eigenvalue weighted by Gasteiger charge is 2.29. The molecule has 1 saturated carbocycles. The van der Waals surface area contributed by atoms with Crippen LogP contribution in [-0.2, 0) is 6.54 Å². The summed E-state index contributed by atoms with van der Waals surface area (Å²) < 4.78 is 7.22. The topological polar surface area (TPSA) is 72.5 Å². The summed E-state index contributed by atoms with van der Waals surface area (Å²) in [6.45, 7) is 0.525. The molecule has 1 fully saturated rings. The molecule has 0 radical (unpaired) electrons. The number of nitrogens with zero attached hydrogens (tertiary/aromatic N) is 4. The predicted molar refractivity (Wildman–Crippen MR) is 52.8 cm³/mol. The Morgan fingerprint density at radius 2 is 2.47 bits per heavy atom. The van der Waals surface area contributed by atoms with Gasteiger partial charge in [0.15, 0.2) is 10.6 Å². The average molecular weight is 223 g/mol. The molecular formula is C8H9N5OS. The van der Waals surface area contributed by atoms with Crippen LogP contribution >= 0.6 is 12.2 Å². The summed E-state index contributed by atoms with van der Waals surface area (Å²) in [7, 11) is 0. The Morgan fingerprint density at radius 1 is 1.60 bits per heavy atom. The average Bonchev–Trinajstić information content (AvgIpc) is 2.82. The van der Waals surface area contributed by atoms with Crippen LogP contribution in [-0.4, -0.2) is 24.9 Å². The number of H-pyrrole nitrogens is 1. The largest absolute Gasteiger partial charge is 0.343 e. The Labute approximate surface area is 90.3 Å². The van der Waals surface area contributed by atoms with E-state index in [1.54, 1.807) is 0 Å². The molecule has 1 aliphatic rings. The van der Waals surface area contributed by atoms with E-state index in [1.165, 1.54) is 19.2 Å². The zero-order chi connectivity index (χ0) is 10.3. The molecule has 0 unspecified atom stereocenters. The molecule has 0 aliphatic heterocycles. The predicted octanol–water partition coefficient (Wildman–Crippen LogP) is 1.25. The minimum atomic E-state index is 0.525. The van der Waals surface area contributed by atoms with Gasteiger partial charge < -0.3 is 4.52 Å². The first kappa shape index (κ1) is 8.78. The number of aromatic amines is 1. The minimum absolute atomic E-state index is 0.525. The van der Waals surface area contributed by atoms with Crippen LogP contribution < -0.4 is 0 Å². The maximum atomic E-state index is 5.15. The first-order chi connectivity index (χ1) is 7.34. The Balaban J connectivity index is 1.96. The zero-order valence-corrected chi connectivity index (χ0v) is 8.70. The van der Waals surface area contributed by atoms with Crippen LogP contribution in [0.15, 0.2) is 10.9 Å². The molecule has 78 valence electrons. The summed E-state index contributed by atoms with van der Waals surface area (Å²) >= 11 is 5.15. The van der Waals surface area contributed by atoms with E-state index < -0.39 is 0 Å². The molecule has 15 heavy (non-hydrogen) atoms. The lowest BCUT2D eigenvalue weighted by Gasteiger charge is -2.01. The SMILES string of the molecule is S=c1[nH]nc(C2CC2)n1Cc1ncon1. The van der Waals surface area contributed by atoms with Crippen LogP contribution in [0.5, 0.6) is 0 Å². The molecule has 0 aromatic carbocycles. The molecule has 0 spiro atoms. The van der Waals surface area contributed by atoms with Gasteiger partial charge in [0.1, 0.15) is 5.82 Å². The molecule has 2 heterocycles. The van der Waals surface area contributed by atoms with E-state index in [0.29, 0.717) is 23.1 Å². The molecule has 1 N–H and O–H groups in total. The molecule has 2 aromatic rings. The smallest absolute Gasteiger partial charge is 0.213 e. The summed E-state index contributed by atoms with van der Waals surface area (Å²) in [5.41, 5.74) is 0. The van der Waals surface area contributed by atoms with Crippen molar-refractivity contribution in [3.8, 4) is 0 Å². The van der Waals surface area contributed by atoms with Crippen LogP contribution in [0.3, 0.4) is 0 Å². The van der Waals surface area contributed by atoms with Gasteiger partial charge in [0.25, 0.3) is 0 Å². The van der Waals surface area contributed by atoms with Gasteiger partial charge in [-0.1, -0.05) is 5.16 Å². The first-order valence-electron chi connectivity index (χ1n) is 4.75. The van der Waals surface area contributed by atoms with Crippen LogP contribution in [0.1, 0.15) is 30.4 Å². The maximum Gasteiger partial charge on any atom is 0.213 e. The highest BCUT2D eigenvalue weighted by atomic mass is 32.1. The number of hydrogen-bond donors (Lipinski definition) is 1. The van der Waals surface area contributed by atoms with Crippen LogP contribution in [0.2, 0.25) is 0 Å². The Bertz CT molecular complexity index is 509. The highest BCUT2D eigenvalue weighted by Crippen LogP contribution is 2.38. The van der Waals surface area contributed by atoms with Gasteiger partial charge in [-0.25, -0.2) is 0 Å². The monoisotopic (exact) mass is 223 g/mol.